The maximum atomic E-state index is 12.8. The first-order valence-corrected chi connectivity index (χ1v) is 6.79. The number of carbonyl (C=O) groups is 1. The van der Waals surface area contributed by atoms with Crippen LogP contribution in [0.4, 0.5) is 4.39 Å². The van der Waals surface area contributed by atoms with E-state index in [9.17, 15) is 9.18 Å². The third-order valence-corrected chi connectivity index (χ3v) is 3.48. The van der Waals surface area contributed by atoms with E-state index in [1.165, 1.54) is 24.3 Å². The van der Waals surface area contributed by atoms with Crippen LogP contribution in [0.25, 0.3) is 0 Å². The summed E-state index contributed by atoms with van der Waals surface area (Å²) in [5.41, 5.74) is 0.541. The zero-order chi connectivity index (χ0) is 15.4. The standard InChI is InChI=1S/C15H19FN4O/c1-11-17-18-15(20(11)3)10-19(2)9-8-14(21)12-4-6-13(16)7-5-12/h4-7H,8-10H2,1-3H3. The summed E-state index contributed by atoms with van der Waals surface area (Å²) in [6, 6.07) is 5.64. The smallest absolute Gasteiger partial charge is 0.164 e. The Morgan fingerprint density at radius 2 is 1.95 bits per heavy atom. The minimum absolute atomic E-state index is 0.0102. The first-order chi connectivity index (χ1) is 9.97. The van der Waals surface area contributed by atoms with Crippen molar-refractivity contribution in [3.05, 3.63) is 47.3 Å². The lowest BCUT2D eigenvalue weighted by molar-refractivity contribution is 0.0967. The number of aryl methyl sites for hydroxylation is 1. The fourth-order valence-electron chi connectivity index (χ4n) is 1.98. The van der Waals surface area contributed by atoms with Crippen LogP contribution >= 0.6 is 0 Å². The molecule has 0 fully saturated rings. The fraction of sp³-hybridized carbons (Fsp3) is 0.400. The highest BCUT2D eigenvalue weighted by Crippen LogP contribution is 2.07. The molecule has 0 saturated carbocycles. The highest BCUT2D eigenvalue weighted by molar-refractivity contribution is 5.96. The molecule has 21 heavy (non-hydrogen) atoms. The molecule has 0 spiro atoms. The molecule has 1 aromatic heterocycles. The minimum atomic E-state index is -0.332. The van der Waals surface area contributed by atoms with Crippen molar-refractivity contribution < 1.29 is 9.18 Å². The molecular weight excluding hydrogens is 271 g/mol. The molecule has 0 aliphatic rings. The number of benzene rings is 1. The van der Waals surface area contributed by atoms with Gasteiger partial charge in [-0.1, -0.05) is 0 Å². The van der Waals surface area contributed by atoms with Crippen molar-refractivity contribution in [2.24, 2.45) is 7.05 Å². The van der Waals surface area contributed by atoms with Gasteiger partial charge in [-0.3, -0.25) is 9.69 Å². The lowest BCUT2D eigenvalue weighted by Crippen LogP contribution is -2.23. The summed E-state index contributed by atoms with van der Waals surface area (Å²) >= 11 is 0. The van der Waals surface area contributed by atoms with Crippen LogP contribution in [-0.4, -0.2) is 39.0 Å². The molecule has 0 saturated heterocycles. The van der Waals surface area contributed by atoms with Gasteiger partial charge in [0.25, 0.3) is 0 Å². The fourth-order valence-corrected chi connectivity index (χ4v) is 1.98. The van der Waals surface area contributed by atoms with Gasteiger partial charge in [0.05, 0.1) is 6.54 Å². The van der Waals surface area contributed by atoms with E-state index in [1.807, 2.05) is 30.5 Å². The number of rotatable bonds is 6. The summed E-state index contributed by atoms with van der Waals surface area (Å²) in [4.78, 5) is 14.0. The van der Waals surface area contributed by atoms with Crippen LogP contribution in [0.15, 0.2) is 24.3 Å². The Balaban J connectivity index is 1.86. The van der Waals surface area contributed by atoms with Gasteiger partial charge in [0, 0.05) is 25.6 Å². The second-order valence-corrected chi connectivity index (χ2v) is 5.14. The van der Waals surface area contributed by atoms with Crippen LogP contribution in [0, 0.1) is 12.7 Å². The van der Waals surface area contributed by atoms with E-state index >= 15 is 0 Å². The van der Waals surface area contributed by atoms with E-state index < -0.39 is 0 Å². The summed E-state index contributed by atoms with van der Waals surface area (Å²) in [5.74, 6) is 1.40. The molecule has 5 nitrogen and oxygen atoms in total. The maximum Gasteiger partial charge on any atom is 0.164 e. The van der Waals surface area contributed by atoms with Crippen LogP contribution in [0.2, 0.25) is 0 Å². The zero-order valence-corrected chi connectivity index (χ0v) is 12.5. The zero-order valence-electron chi connectivity index (χ0n) is 12.5. The number of aromatic nitrogens is 3. The van der Waals surface area contributed by atoms with E-state index in [0.717, 1.165) is 11.6 Å². The monoisotopic (exact) mass is 290 g/mol. The Labute approximate surface area is 123 Å². The largest absolute Gasteiger partial charge is 0.317 e. The topological polar surface area (TPSA) is 51.0 Å². The number of hydrogen-bond donors (Lipinski definition) is 0. The number of carbonyl (C=O) groups excluding carboxylic acids is 1. The van der Waals surface area contributed by atoms with Gasteiger partial charge in [-0.2, -0.15) is 0 Å². The molecule has 0 aliphatic carbocycles. The Hall–Kier alpha value is -2.08. The van der Waals surface area contributed by atoms with Gasteiger partial charge in [0.1, 0.15) is 17.5 Å². The third-order valence-electron chi connectivity index (χ3n) is 3.48. The highest BCUT2D eigenvalue weighted by Gasteiger charge is 2.11. The molecule has 6 heteroatoms. The van der Waals surface area contributed by atoms with Crippen molar-refractivity contribution in [2.45, 2.75) is 19.9 Å². The molecule has 0 amide bonds. The predicted molar refractivity (Wildman–Crippen MR) is 77.4 cm³/mol. The number of hydrogen-bond acceptors (Lipinski definition) is 4. The summed E-state index contributed by atoms with van der Waals surface area (Å²) in [5, 5.41) is 8.10. The van der Waals surface area contributed by atoms with Gasteiger partial charge in [-0.15, -0.1) is 10.2 Å². The molecule has 0 N–H and O–H groups in total. The SMILES string of the molecule is Cc1nnc(CN(C)CCC(=O)c2ccc(F)cc2)n1C. The van der Waals surface area contributed by atoms with Gasteiger partial charge >= 0.3 is 0 Å². The molecule has 2 rings (SSSR count). The van der Waals surface area contributed by atoms with Gasteiger partial charge in [0.15, 0.2) is 5.78 Å². The average molecular weight is 290 g/mol. The summed E-state index contributed by atoms with van der Waals surface area (Å²) in [6.45, 7) is 3.14. The molecule has 0 unspecified atom stereocenters. The maximum absolute atomic E-state index is 12.8. The van der Waals surface area contributed by atoms with E-state index in [-0.39, 0.29) is 11.6 Å². The van der Waals surface area contributed by atoms with Gasteiger partial charge < -0.3 is 4.57 Å². The highest BCUT2D eigenvalue weighted by atomic mass is 19.1. The number of halogens is 1. The Bertz CT molecular complexity index is 621. The summed E-state index contributed by atoms with van der Waals surface area (Å²) in [6.07, 6.45) is 0.388. The van der Waals surface area contributed by atoms with E-state index in [1.54, 1.807) is 0 Å². The third kappa shape index (κ3) is 3.95. The predicted octanol–water partition coefficient (Wildman–Crippen LogP) is 1.97. The molecule has 0 bridgehead atoms. The van der Waals surface area contributed by atoms with Crippen LogP contribution in [0.5, 0.6) is 0 Å². The van der Waals surface area contributed by atoms with Crippen LogP contribution in [0.1, 0.15) is 28.4 Å². The molecule has 0 atom stereocenters. The summed E-state index contributed by atoms with van der Waals surface area (Å²) < 4.78 is 14.7. The number of nitrogens with zero attached hydrogens (tertiary/aromatic N) is 4. The minimum Gasteiger partial charge on any atom is -0.317 e. The van der Waals surface area contributed by atoms with Crippen LogP contribution < -0.4 is 0 Å². The average Bonchev–Trinajstić information content (AvgIpc) is 2.77. The molecule has 0 aliphatic heterocycles. The molecule has 2 aromatic rings. The first-order valence-electron chi connectivity index (χ1n) is 6.79. The Kier molecular flexibility index (Phi) is 4.80. The normalized spacial score (nSPS) is 11.1. The van der Waals surface area contributed by atoms with Crippen molar-refractivity contribution in [3.8, 4) is 0 Å². The number of Topliss-reactive ketones (excluding diaryl/α,β-unsaturated/α-hetero) is 1. The van der Waals surface area contributed by atoms with Crippen molar-refractivity contribution in [1.82, 2.24) is 19.7 Å². The van der Waals surface area contributed by atoms with E-state index in [4.69, 9.17) is 0 Å². The van der Waals surface area contributed by atoms with E-state index in [2.05, 4.69) is 10.2 Å². The quantitative estimate of drug-likeness (QED) is 0.763. The van der Waals surface area contributed by atoms with Gasteiger partial charge in [0.2, 0.25) is 0 Å². The van der Waals surface area contributed by atoms with Crippen molar-refractivity contribution in [1.29, 1.82) is 0 Å². The number of ketones is 1. The van der Waals surface area contributed by atoms with Gasteiger partial charge in [-0.05, 0) is 38.2 Å². The second-order valence-electron chi connectivity index (χ2n) is 5.14. The summed E-state index contributed by atoms with van der Waals surface area (Å²) in [7, 11) is 3.85. The van der Waals surface area contributed by atoms with Crippen molar-refractivity contribution in [2.75, 3.05) is 13.6 Å². The lowest BCUT2D eigenvalue weighted by Gasteiger charge is -2.15. The Morgan fingerprint density at radius 1 is 1.29 bits per heavy atom. The van der Waals surface area contributed by atoms with Crippen LogP contribution in [-0.2, 0) is 13.6 Å². The van der Waals surface area contributed by atoms with Crippen molar-refractivity contribution >= 4 is 5.78 Å². The Morgan fingerprint density at radius 3 is 2.52 bits per heavy atom. The molecular formula is C15H19FN4O. The molecule has 1 heterocycles. The molecule has 0 radical (unpaired) electrons. The second kappa shape index (κ2) is 6.58. The van der Waals surface area contributed by atoms with Crippen LogP contribution in [0.3, 0.4) is 0 Å². The first kappa shape index (κ1) is 15.3. The lowest BCUT2D eigenvalue weighted by atomic mass is 10.1. The van der Waals surface area contributed by atoms with Crippen molar-refractivity contribution in [3.63, 3.8) is 0 Å². The molecule has 112 valence electrons. The van der Waals surface area contributed by atoms with Gasteiger partial charge in [-0.25, -0.2) is 4.39 Å². The van der Waals surface area contributed by atoms with E-state index in [0.29, 0.717) is 25.1 Å². The molecule has 1 aromatic carbocycles.